The molecule has 0 radical (unpaired) electrons. The highest BCUT2D eigenvalue weighted by Gasteiger charge is 2.21. The van der Waals surface area contributed by atoms with Crippen molar-refractivity contribution in [2.75, 3.05) is 13.1 Å². The summed E-state index contributed by atoms with van der Waals surface area (Å²) in [6, 6.07) is 0.539. The maximum Gasteiger partial charge on any atom is 0.290 e. The van der Waals surface area contributed by atoms with Gasteiger partial charge in [0.2, 0.25) is 5.82 Å². The van der Waals surface area contributed by atoms with Crippen molar-refractivity contribution in [1.82, 2.24) is 25.8 Å². The van der Waals surface area contributed by atoms with Crippen molar-refractivity contribution in [2.45, 2.75) is 51.5 Å². The normalized spacial score (nSPS) is 19.6. The smallest absolute Gasteiger partial charge is 0.290 e. The molecule has 1 saturated heterocycles. The van der Waals surface area contributed by atoms with Crippen LogP contribution in [-0.2, 0) is 5.41 Å². The summed E-state index contributed by atoms with van der Waals surface area (Å²) in [6.07, 6.45) is 3.39. The van der Waals surface area contributed by atoms with E-state index in [0.29, 0.717) is 12.6 Å². The molecule has 6 heteroatoms. The summed E-state index contributed by atoms with van der Waals surface area (Å²) in [7, 11) is 0. The number of aromatic nitrogens is 3. The van der Waals surface area contributed by atoms with Gasteiger partial charge in [0.1, 0.15) is 5.82 Å². The molecule has 0 bridgehead atoms. The van der Waals surface area contributed by atoms with Crippen LogP contribution in [0.15, 0.2) is 0 Å². The van der Waals surface area contributed by atoms with Crippen LogP contribution in [0.1, 0.15) is 56.5 Å². The van der Waals surface area contributed by atoms with Crippen LogP contribution < -0.4 is 10.6 Å². The fourth-order valence-electron chi connectivity index (χ4n) is 2.14. The number of carbonyl (C=O) groups excluding carboxylic acids is 1. The third kappa shape index (κ3) is 3.76. The molecule has 106 valence electrons. The highest BCUT2D eigenvalue weighted by atomic mass is 16.2. The monoisotopic (exact) mass is 265 g/mol. The molecule has 3 N–H and O–H groups in total. The number of nitrogens with zero attached hydrogens (tertiary/aromatic N) is 2. The second-order valence-corrected chi connectivity index (χ2v) is 6.10. The van der Waals surface area contributed by atoms with E-state index in [1.54, 1.807) is 0 Å². The molecule has 0 unspecified atom stereocenters. The molecule has 19 heavy (non-hydrogen) atoms. The van der Waals surface area contributed by atoms with Crippen LogP contribution in [0.4, 0.5) is 0 Å². The van der Waals surface area contributed by atoms with E-state index in [2.05, 4.69) is 25.8 Å². The van der Waals surface area contributed by atoms with E-state index in [1.165, 1.54) is 12.8 Å². The number of nitrogens with one attached hydrogen (secondary N) is 3. The molecule has 6 nitrogen and oxygen atoms in total. The van der Waals surface area contributed by atoms with Crippen molar-refractivity contribution in [3.8, 4) is 0 Å². The van der Waals surface area contributed by atoms with E-state index < -0.39 is 0 Å². The summed E-state index contributed by atoms with van der Waals surface area (Å²) in [5.41, 5.74) is -0.126. The minimum atomic E-state index is -0.204. The second-order valence-electron chi connectivity index (χ2n) is 6.10. The van der Waals surface area contributed by atoms with Crippen LogP contribution >= 0.6 is 0 Å². The van der Waals surface area contributed by atoms with Crippen LogP contribution in [0.2, 0.25) is 0 Å². The molecule has 1 aromatic heterocycles. The number of hydrogen-bond acceptors (Lipinski definition) is 4. The molecule has 1 aliphatic heterocycles. The van der Waals surface area contributed by atoms with Gasteiger partial charge in [0.05, 0.1) is 0 Å². The summed E-state index contributed by atoms with van der Waals surface area (Å²) < 4.78 is 0. The van der Waals surface area contributed by atoms with E-state index in [1.807, 2.05) is 20.8 Å². The molecule has 0 aromatic carbocycles. The Bertz CT molecular complexity index is 428. The maximum absolute atomic E-state index is 11.9. The number of amides is 1. The number of rotatable bonds is 4. The second kappa shape index (κ2) is 5.69. The summed E-state index contributed by atoms with van der Waals surface area (Å²) in [4.78, 5) is 16.1. The van der Waals surface area contributed by atoms with Crippen LogP contribution in [-0.4, -0.2) is 40.2 Å². The van der Waals surface area contributed by atoms with Crippen LogP contribution in [0, 0.1) is 0 Å². The van der Waals surface area contributed by atoms with Crippen molar-refractivity contribution in [3.05, 3.63) is 11.6 Å². The third-order valence-electron chi connectivity index (χ3n) is 3.34. The number of H-pyrrole nitrogens is 1. The summed E-state index contributed by atoms with van der Waals surface area (Å²) in [6.45, 7) is 7.84. The van der Waals surface area contributed by atoms with E-state index in [9.17, 15) is 4.79 Å². The lowest BCUT2D eigenvalue weighted by Crippen LogP contribution is -2.31. The van der Waals surface area contributed by atoms with Crippen molar-refractivity contribution in [1.29, 1.82) is 0 Å². The Morgan fingerprint density at radius 1 is 1.47 bits per heavy atom. The van der Waals surface area contributed by atoms with Crippen LogP contribution in [0.3, 0.4) is 0 Å². The van der Waals surface area contributed by atoms with Gasteiger partial charge in [-0.15, -0.1) is 5.10 Å². The first-order valence-electron chi connectivity index (χ1n) is 6.91. The molecule has 2 heterocycles. The van der Waals surface area contributed by atoms with E-state index in [0.717, 1.165) is 18.8 Å². The average Bonchev–Trinajstić information content (AvgIpc) is 2.99. The maximum atomic E-state index is 11.9. The minimum absolute atomic E-state index is 0.126. The van der Waals surface area contributed by atoms with Gasteiger partial charge in [0.15, 0.2) is 0 Å². The van der Waals surface area contributed by atoms with Crippen molar-refractivity contribution >= 4 is 5.91 Å². The van der Waals surface area contributed by atoms with Gasteiger partial charge in [0.25, 0.3) is 5.91 Å². The first kappa shape index (κ1) is 14.0. The third-order valence-corrected chi connectivity index (χ3v) is 3.34. The average molecular weight is 265 g/mol. The first-order chi connectivity index (χ1) is 8.97. The Morgan fingerprint density at radius 2 is 2.26 bits per heavy atom. The zero-order valence-corrected chi connectivity index (χ0v) is 11.9. The fourth-order valence-corrected chi connectivity index (χ4v) is 2.14. The lowest BCUT2D eigenvalue weighted by atomic mass is 9.96. The molecule has 1 aliphatic rings. The SMILES string of the molecule is CC(C)(C)c1nc(C(=O)NCC[C@H]2CCCN2)n[nH]1. The molecule has 0 spiro atoms. The zero-order valence-electron chi connectivity index (χ0n) is 11.9. The quantitative estimate of drug-likeness (QED) is 0.757. The van der Waals surface area contributed by atoms with Gasteiger partial charge in [-0.25, -0.2) is 4.98 Å². The van der Waals surface area contributed by atoms with Gasteiger partial charge < -0.3 is 10.6 Å². The summed E-state index contributed by atoms with van der Waals surface area (Å²) in [5.74, 6) is 0.754. The van der Waals surface area contributed by atoms with E-state index >= 15 is 0 Å². The summed E-state index contributed by atoms with van der Waals surface area (Å²) >= 11 is 0. The largest absolute Gasteiger partial charge is 0.349 e. The molecule has 0 aliphatic carbocycles. The van der Waals surface area contributed by atoms with Gasteiger partial charge in [-0.1, -0.05) is 20.8 Å². The van der Waals surface area contributed by atoms with E-state index in [4.69, 9.17) is 0 Å². The Balaban J connectivity index is 1.81. The molecular formula is C13H23N5O. The van der Waals surface area contributed by atoms with Crippen molar-refractivity contribution in [3.63, 3.8) is 0 Å². The van der Waals surface area contributed by atoms with Gasteiger partial charge >= 0.3 is 0 Å². The topological polar surface area (TPSA) is 82.7 Å². The standard InChI is InChI=1S/C13H23N5O/c1-13(2,3)12-16-10(17-18-12)11(19)15-8-6-9-5-4-7-14-9/h9,14H,4-8H2,1-3H3,(H,15,19)(H,16,17,18)/t9-/m1/s1. The molecule has 2 rings (SSSR count). The Kier molecular flexibility index (Phi) is 4.19. The lowest BCUT2D eigenvalue weighted by molar-refractivity contribution is 0.0942. The first-order valence-corrected chi connectivity index (χ1v) is 6.91. The Hall–Kier alpha value is -1.43. The van der Waals surface area contributed by atoms with Gasteiger partial charge in [0, 0.05) is 18.0 Å². The number of carbonyl (C=O) groups is 1. The van der Waals surface area contributed by atoms with Crippen LogP contribution in [0.25, 0.3) is 0 Å². The highest BCUT2D eigenvalue weighted by Crippen LogP contribution is 2.17. The lowest BCUT2D eigenvalue weighted by Gasteiger charge is -2.12. The molecule has 1 fully saturated rings. The highest BCUT2D eigenvalue weighted by molar-refractivity contribution is 5.90. The molecule has 0 saturated carbocycles. The molecule has 1 atom stereocenters. The number of aromatic amines is 1. The molecular weight excluding hydrogens is 242 g/mol. The Labute approximate surface area is 113 Å². The minimum Gasteiger partial charge on any atom is -0.349 e. The predicted molar refractivity (Wildman–Crippen MR) is 73.1 cm³/mol. The van der Waals surface area contributed by atoms with E-state index in [-0.39, 0.29) is 17.1 Å². The molecule has 1 aromatic rings. The Morgan fingerprint density at radius 3 is 2.84 bits per heavy atom. The molecule has 1 amide bonds. The fraction of sp³-hybridized carbons (Fsp3) is 0.769. The van der Waals surface area contributed by atoms with Gasteiger partial charge in [-0.3, -0.25) is 9.89 Å². The predicted octanol–water partition coefficient (Wildman–Crippen LogP) is 0.974. The van der Waals surface area contributed by atoms with Crippen molar-refractivity contribution < 1.29 is 4.79 Å². The number of hydrogen-bond donors (Lipinski definition) is 3. The zero-order chi connectivity index (χ0) is 13.9. The summed E-state index contributed by atoms with van der Waals surface area (Å²) in [5, 5.41) is 13.1. The van der Waals surface area contributed by atoms with Crippen molar-refractivity contribution in [2.24, 2.45) is 0 Å². The van der Waals surface area contributed by atoms with Gasteiger partial charge in [-0.2, -0.15) is 0 Å². The van der Waals surface area contributed by atoms with Gasteiger partial charge in [-0.05, 0) is 25.8 Å². The van der Waals surface area contributed by atoms with Crippen LogP contribution in [0.5, 0.6) is 0 Å².